The van der Waals surface area contributed by atoms with Crippen molar-refractivity contribution in [3.63, 3.8) is 0 Å². The Balaban J connectivity index is 1.34. The van der Waals surface area contributed by atoms with Crippen LogP contribution in [0.5, 0.6) is 0 Å². The van der Waals surface area contributed by atoms with Gasteiger partial charge in [0, 0.05) is 17.2 Å². The number of carbonyl (C=O) groups excluding carboxylic acids is 2. The van der Waals surface area contributed by atoms with Gasteiger partial charge < -0.3 is 16.8 Å². The van der Waals surface area contributed by atoms with Crippen LogP contribution in [0, 0.1) is 6.92 Å². The van der Waals surface area contributed by atoms with Crippen molar-refractivity contribution in [3.8, 4) is 11.4 Å². The summed E-state index contributed by atoms with van der Waals surface area (Å²) >= 11 is 0. The molecular formula is C32H31N9O2. The first-order chi connectivity index (χ1) is 20.5. The Labute approximate surface area is 247 Å². The zero-order valence-corrected chi connectivity index (χ0v) is 24.2. The number of aromatic nitrogens is 5. The second-order valence-corrected chi connectivity index (χ2v) is 11.4. The summed E-state index contributed by atoms with van der Waals surface area (Å²) in [6.07, 6.45) is 0. The second-order valence-electron chi connectivity index (χ2n) is 11.4. The molecule has 0 bridgehead atoms. The molecule has 0 aliphatic carbocycles. The van der Waals surface area contributed by atoms with Crippen LogP contribution < -0.4 is 22.1 Å². The van der Waals surface area contributed by atoms with Crippen LogP contribution in [0.2, 0.25) is 0 Å². The molecule has 0 unspecified atom stereocenters. The first-order valence-corrected chi connectivity index (χ1v) is 13.7. The van der Waals surface area contributed by atoms with Gasteiger partial charge in [0.05, 0.1) is 28.1 Å². The lowest BCUT2D eigenvalue weighted by molar-refractivity contribution is 0.100. The number of primary amides is 1. The monoisotopic (exact) mass is 573 g/mol. The van der Waals surface area contributed by atoms with E-state index in [-0.39, 0.29) is 16.8 Å². The van der Waals surface area contributed by atoms with Crippen molar-refractivity contribution in [2.45, 2.75) is 33.1 Å². The van der Waals surface area contributed by atoms with Crippen LogP contribution >= 0.6 is 0 Å². The summed E-state index contributed by atoms with van der Waals surface area (Å²) in [4.78, 5) is 35.0. The molecule has 0 spiro atoms. The predicted octanol–water partition coefficient (Wildman–Crippen LogP) is 5.69. The fraction of sp³-hybridized carbons (Fsp3) is 0.156. The third-order valence-electron chi connectivity index (χ3n) is 7.10. The molecule has 0 saturated carbocycles. The molecule has 6 rings (SSSR count). The van der Waals surface area contributed by atoms with E-state index in [0.29, 0.717) is 39.4 Å². The smallest absolute Gasteiger partial charge is 0.324 e. The Hall–Kier alpha value is -5.71. The summed E-state index contributed by atoms with van der Waals surface area (Å²) in [5.74, 6) is -0.0771. The van der Waals surface area contributed by atoms with Gasteiger partial charge in [0.15, 0.2) is 5.65 Å². The van der Waals surface area contributed by atoms with Crippen molar-refractivity contribution < 1.29 is 9.59 Å². The van der Waals surface area contributed by atoms with E-state index in [0.717, 1.165) is 16.9 Å². The predicted molar refractivity (Wildman–Crippen MR) is 169 cm³/mol. The molecule has 0 saturated heterocycles. The molecule has 0 aliphatic rings. The minimum atomic E-state index is -0.709. The van der Waals surface area contributed by atoms with Crippen LogP contribution in [0.15, 0.2) is 78.9 Å². The second kappa shape index (κ2) is 10.3. The van der Waals surface area contributed by atoms with Gasteiger partial charge in [-0.25, -0.2) is 19.4 Å². The van der Waals surface area contributed by atoms with Crippen LogP contribution in [0.25, 0.3) is 33.6 Å². The Bertz CT molecular complexity index is 2030. The number of carbonyl (C=O) groups is 2. The summed E-state index contributed by atoms with van der Waals surface area (Å²) in [7, 11) is 0. The average molecular weight is 574 g/mol. The molecule has 11 nitrogen and oxygen atoms in total. The lowest BCUT2D eigenvalue weighted by atomic mass is 9.92. The minimum Gasteiger partial charge on any atom is -0.384 e. The number of amides is 3. The molecule has 11 heteroatoms. The highest BCUT2D eigenvalue weighted by Crippen LogP contribution is 2.32. The van der Waals surface area contributed by atoms with Crippen molar-refractivity contribution in [3.05, 3.63) is 95.7 Å². The number of para-hydroxylation sites is 2. The maximum absolute atomic E-state index is 13.3. The van der Waals surface area contributed by atoms with Crippen LogP contribution in [-0.4, -0.2) is 36.3 Å². The summed E-state index contributed by atoms with van der Waals surface area (Å²) in [5, 5.41) is 10.6. The van der Waals surface area contributed by atoms with Crippen molar-refractivity contribution in [1.29, 1.82) is 0 Å². The SMILES string of the molecule is Cc1ccc(-n2nc(C(C)(C)C)cc2NC(=O)Nc2cccc(-n3c(N)c(C(N)=O)c4nc5ccccc5nc43)c2)cc1. The first-order valence-electron chi connectivity index (χ1n) is 13.7. The van der Waals surface area contributed by atoms with E-state index in [1.165, 1.54) is 0 Å². The Morgan fingerprint density at radius 3 is 2.21 bits per heavy atom. The fourth-order valence-electron chi connectivity index (χ4n) is 4.89. The average Bonchev–Trinajstić information content (AvgIpc) is 3.50. The van der Waals surface area contributed by atoms with E-state index in [2.05, 4.69) is 36.4 Å². The maximum Gasteiger partial charge on any atom is 0.324 e. The molecule has 0 aliphatic heterocycles. The highest BCUT2D eigenvalue weighted by molar-refractivity contribution is 6.10. The summed E-state index contributed by atoms with van der Waals surface area (Å²) < 4.78 is 3.33. The highest BCUT2D eigenvalue weighted by Gasteiger charge is 2.24. The number of aryl methyl sites for hydroxylation is 1. The van der Waals surface area contributed by atoms with Gasteiger partial charge in [-0.2, -0.15) is 5.10 Å². The molecule has 43 heavy (non-hydrogen) atoms. The molecule has 3 aromatic heterocycles. The van der Waals surface area contributed by atoms with Gasteiger partial charge in [-0.3, -0.25) is 14.7 Å². The molecule has 6 aromatic rings. The van der Waals surface area contributed by atoms with E-state index in [4.69, 9.17) is 21.5 Å². The van der Waals surface area contributed by atoms with Crippen molar-refractivity contribution in [1.82, 2.24) is 24.3 Å². The Kier molecular flexibility index (Phi) is 6.57. The van der Waals surface area contributed by atoms with Gasteiger partial charge in [-0.1, -0.05) is 56.7 Å². The van der Waals surface area contributed by atoms with Gasteiger partial charge in [-0.15, -0.1) is 0 Å². The van der Waals surface area contributed by atoms with Crippen molar-refractivity contribution >= 4 is 51.5 Å². The number of nitrogens with two attached hydrogens (primary N) is 2. The van der Waals surface area contributed by atoms with Crippen LogP contribution in [-0.2, 0) is 5.41 Å². The number of nitrogen functional groups attached to an aromatic ring is 1. The molecule has 0 radical (unpaired) electrons. The third-order valence-corrected chi connectivity index (χ3v) is 7.10. The molecular weight excluding hydrogens is 542 g/mol. The molecule has 216 valence electrons. The number of rotatable bonds is 5. The van der Waals surface area contributed by atoms with Crippen LogP contribution in [0.3, 0.4) is 0 Å². The number of hydrogen-bond acceptors (Lipinski definition) is 6. The standard InChI is InChI=1S/C32H31N9O2/c1-18-12-14-20(15-13-18)41-25(17-24(39-41)32(2,3)4)38-31(43)35-19-8-7-9-21(16-19)40-28(33)26(29(34)42)27-30(40)37-23-11-6-5-10-22(23)36-27/h5-17H,33H2,1-4H3,(H2,34,42)(H2,35,38,43). The summed E-state index contributed by atoms with van der Waals surface area (Å²) in [5.41, 5.74) is 17.8. The van der Waals surface area contributed by atoms with E-state index >= 15 is 0 Å². The van der Waals surface area contributed by atoms with Crippen molar-refractivity contribution in [2.24, 2.45) is 5.73 Å². The number of urea groups is 1. The van der Waals surface area contributed by atoms with Gasteiger partial charge >= 0.3 is 6.03 Å². The summed E-state index contributed by atoms with van der Waals surface area (Å²) in [6, 6.07) is 23.7. The third kappa shape index (κ3) is 5.12. The maximum atomic E-state index is 13.3. The quantitative estimate of drug-likeness (QED) is 0.207. The number of fused-ring (bicyclic) bond motifs is 2. The van der Waals surface area contributed by atoms with Gasteiger partial charge in [0.25, 0.3) is 5.91 Å². The van der Waals surface area contributed by atoms with Gasteiger partial charge in [0.1, 0.15) is 22.7 Å². The molecule has 6 N–H and O–H groups in total. The van der Waals surface area contributed by atoms with Gasteiger partial charge in [-0.05, 0) is 49.4 Å². The zero-order chi connectivity index (χ0) is 30.5. The fourth-order valence-corrected chi connectivity index (χ4v) is 4.89. The number of hydrogen-bond donors (Lipinski definition) is 4. The molecule has 0 fully saturated rings. The van der Waals surface area contributed by atoms with E-state index < -0.39 is 11.9 Å². The Morgan fingerprint density at radius 1 is 0.837 bits per heavy atom. The van der Waals surface area contributed by atoms with E-state index in [9.17, 15) is 9.59 Å². The Morgan fingerprint density at radius 2 is 1.53 bits per heavy atom. The first kappa shape index (κ1) is 27.5. The molecule has 0 atom stereocenters. The normalized spacial score (nSPS) is 11.6. The van der Waals surface area contributed by atoms with Crippen molar-refractivity contribution in [2.75, 3.05) is 16.4 Å². The number of nitrogens with zero attached hydrogens (tertiary/aromatic N) is 5. The van der Waals surface area contributed by atoms with E-state index in [1.807, 2.05) is 55.5 Å². The highest BCUT2D eigenvalue weighted by atomic mass is 16.2. The summed E-state index contributed by atoms with van der Waals surface area (Å²) in [6.45, 7) is 8.22. The van der Waals surface area contributed by atoms with Crippen LogP contribution in [0.4, 0.5) is 22.1 Å². The van der Waals surface area contributed by atoms with Crippen LogP contribution in [0.1, 0.15) is 42.4 Å². The van der Waals surface area contributed by atoms with E-state index in [1.54, 1.807) is 39.6 Å². The molecule has 3 amide bonds. The number of benzene rings is 3. The largest absolute Gasteiger partial charge is 0.384 e. The lowest BCUT2D eigenvalue weighted by Crippen LogP contribution is -2.21. The zero-order valence-electron chi connectivity index (χ0n) is 24.2. The topological polar surface area (TPSA) is 159 Å². The molecule has 3 aromatic carbocycles. The minimum absolute atomic E-state index is 0.0865. The lowest BCUT2D eigenvalue weighted by Gasteiger charge is -2.14. The number of nitrogens with one attached hydrogen (secondary N) is 2. The van der Waals surface area contributed by atoms with Gasteiger partial charge in [0.2, 0.25) is 0 Å². The molecule has 3 heterocycles. The number of anilines is 3.